The SMILES string of the molecule is COc1cccc(NC(=O)N2CCN(c3ncnc4c3nnn4C)CC2)c1OC. The van der Waals surface area contributed by atoms with Crippen LogP contribution in [0.2, 0.25) is 0 Å². The van der Waals surface area contributed by atoms with Gasteiger partial charge in [-0.1, -0.05) is 11.3 Å². The van der Waals surface area contributed by atoms with E-state index >= 15 is 0 Å². The molecule has 11 heteroatoms. The maximum atomic E-state index is 12.7. The number of nitrogens with zero attached hydrogens (tertiary/aromatic N) is 7. The standard InChI is InChI=1S/C18H22N8O3/c1-24-16-14(22-23-24)17(20-11-19-16)25-7-9-26(10-8-25)18(27)21-12-5-4-6-13(28-2)15(12)29-3/h4-6,11H,7-10H2,1-3H3,(H,21,27). The fourth-order valence-corrected chi connectivity index (χ4v) is 3.37. The van der Waals surface area contributed by atoms with Gasteiger partial charge in [-0.2, -0.15) is 0 Å². The lowest BCUT2D eigenvalue weighted by molar-refractivity contribution is 0.208. The Morgan fingerprint density at radius 3 is 2.62 bits per heavy atom. The van der Waals surface area contributed by atoms with E-state index in [4.69, 9.17) is 9.47 Å². The number of methoxy groups -OCH3 is 2. The second-order valence-electron chi connectivity index (χ2n) is 6.53. The van der Waals surface area contributed by atoms with Crippen molar-refractivity contribution in [3.05, 3.63) is 24.5 Å². The molecule has 0 unspecified atom stereocenters. The van der Waals surface area contributed by atoms with Crippen LogP contribution >= 0.6 is 0 Å². The number of urea groups is 1. The summed E-state index contributed by atoms with van der Waals surface area (Å²) in [5.41, 5.74) is 1.91. The highest BCUT2D eigenvalue weighted by Gasteiger charge is 2.25. The summed E-state index contributed by atoms with van der Waals surface area (Å²) in [5, 5.41) is 11.1. The zero-order valence-corrected chi connectivity index (χ0v) is 16.5. The first-order chi connectivity index (χ1) is 14.1. The molecule has 1 saturated heterocycles. The molecule has 3 aromatic rings. The second kappa shape index (κ2) is 7.78. The van der Waals surface area contributed by atoms with Crippen LogP contribution in [0.3, 0.4) is 0 Å². The minimum Gasteiger partial charge on any atom is -0.493 e. The molecule has 2 aromatic heterocycles. The maximum absolute atomic E-state index is 12.7. The molecule has 4 rings (SSSR count). The minimum absolute atomic E-state index is 0.191. The van der Waals surface area contributed by atoms with Crippen molar-refractivity contribution in [3.8, 4) is 11.5 Å². The van der Waals surface area contributed by atoms with Crippen LogP contribution in [0.15, 0.2) is 24.5 Å². The number of hydrogen-bond donors (Lipinski definition) is 1. The first kappa shape index (κ1) is 18.7. The average molecular weight is 398 g/mol. The molecule has 3 heterocycles. The van der Waals surface area contributed by atoms with Crippen molar-refractivity contribution in [1.82, 2.24) is 29.9 Å². The maximum Gasteiger partial charge on any atom is 0.322 e. The number of carbonyl (C=O) groups is 1. The van der Waals surface area contributed by atoms with Gasteiger partial charge in [-0.3, -0.25) is 0 Å². The van der Waals surface area contributed by atoms with Crippen LogP contribution in [0.1, 0.15) is 0 Å². The van der Waals surface area contributed by atoms with Crippen LogP contribution in [0.5, 0.6) is 11.5 Å². The van der Waals surface area contributed by atoms with Gasteiger partial charge in [0.05, 0.1) is 19.9 Å². The monoisotopic (exact) mass is 398 g/mol. The quantitative estimate of drug-likeness (QED) is 0.696. The van der Waals surface area contributed by atoms with E-state index in [-0.39, 0.29) is 6.03 Å². The zero-order chi connectivity index (χ0) is 20.4. The molecular weight excluding hydrogens is 376 g/mol. The van der Waals surface area contributed by atoms with Crippen molar-refractivity contribution in [2.45, 2.75) is 0 Å². The summed E-state index contributed by atoms with van der Waals surface area (Å²) < 4.78 is 12.3. The van der Waals surface area contributed by atoms with Gasteiger partial charge in [0, 0.05) is 33.2 Å². The number of benzene rings is 1. The number of aryl methyl sites for hydroxylation is 1. The number of para-hydroxylation sites is 1. The van der Waals surface area contributed by atoms with Gasteiger partial charge >= 0.3 is 6.03 Å². The van der Waals surface area contributed by atoms with Crippen molar-refractivity contribution >= 4 is 28.7 Å². The van der Waals surface area contributed by atoms with E-state index in [0.717, 1.165) is 5.82 Å². The number of rotatable bonds is 4. The molecular formula is C18H22N8O3. The van der Waals surface area contributed by atoms with Gasteiger partial charge in [-0.05, 0) is 12.1 Å². The topological polar surface area (TPSA) is 111 Å². The van der Waals surface area contributed by atoms with Gasteiger partial charge in [0.15, 0.2) is 28.5 Å². The van der Waals surface area contributed by atoms with E-state index in [1.165, 1.54) is 6.33 Å². The molecule has 0 saturated carbocycles. The predicted molar refractivity (Wildman–Crippen MR) is 106 cm³/mol. The molecule has 1 aromatic carbocycles. The number of amides is 2. The number of piperazine rings is 1. The second-order valence-corrected chi connectivity index (χ2v) is 6.53. The molecule has 2 amide bonds. The highest BCUT2D eigenvalue weighted by Crippen LogP contribution is 2.34. The summed E-state index contributed by atoms with van der Waals surface area (Å²) >= 11 is 0. The van der Waals surface area contributed by atoms with Crippen molar-refractivity contribution in [1.29, 1.82) is 0 Å². The van der Waals surface area contributed by atoms with E-state index in [1.54, 1.807) is 49.0 Å². The first-order valence-electron chi connectivity index (χ1n) is 9.14. The van der Waals surface area contributed by atoms with E-state index in [0.29, 0.717) is 54.5 Å². The van der Waals surface area contributed by atoms with Crippen LogP contribution in [-0.4, -0.2) is 76.3 Å². The fraction of sp³-hybridized carbons (Fsp3) is 0.389. The molecule has 1 aliphatic heterocycles. The lowest BCUT2D eigenvalue weighted by atomic mass is 10.2. The van der Waals surface area contributed by atoms with Crippen LogP contribution in [0.25, 0.3) is 11.2 Å². The Labute approximate surface area is 167 Å². The predicted octanol–water partition coefficient (Wildman–Crippen LogP) is 1.13. The van der Waals surface area contributed by atoms with E-state index < -0.39 is 0 Å². The lowest BCUT2D eigenvalue weighted by Crippen LogP contribution is -2.50. The number of carbonyl (C=O) groups excluding carboxylic acids is 1. The van der Waals surface area contributed by atoms with Crippen molar-refractivity contribution in [2.75, 3.05) is 50.6 Å². The highest BCUT2D eigenvalue weighted by molar-refractivity contribution is 5.92. The van der Waals surface area contributed by atoms with Crippen LogP contribution < -0.4 is 19.7 Å². The molecule has 0 spiro atoms. The van der Waals surface area contributed by atoms with E-state index in [2.05, 4.69) is 30.5 Å². The van der Waals surface area contributed by atoms with E-state index in [9.17, 15) is 4.79 Å². The lowest BCUT2D eigenvalue weighted by Gasteiger charge is -2.35. The number of hydrogen-bond acceptors (Lipinski definition) is 8. The fourth-order valence-electron chi connectivity index (χ4n) is 3.37. The van der Waals surface area contributed by atoms with Gasteiger partial charge in [0.25, 0.3) is 0 Å². The number of ether oxygens (including phenoxy) is 2. The number of fused-ring (bicyclic) bond motifs is 1. The molecule has 1 aliphatic rings. The first-order valence-corrected chi connectivity index (χ1v) is 9.14. The third kappa shape index (κ3) is 3.46. The normalized spacial score (nSPS) is 14.2. The molecule has 1 N–H and O–H groups in total. The van der Waals surface area contributed by atoms with Crippen molar-refractivity contribution in [3.63, 3.8) is 0 Å². The van der Waals surface area contributed by atoms with E-state index in [1.807, 2.05) is 0 Å². The summed E-state index contributed by atoms with van der Waals surface area (Å²) in [6, 6.07) is 5.17. The summed E-state index contributed by atoms with van der Waals surface area (Å²) in [5.74, 6) is 1.79. The molecule has 1 fully saturated rings. The molecule has 0 aliphatic carbocycles. The van der Waals surface area contributed by atoms with Crippen molar-refractivity contribution < 1.29 is 14.3 Å². The molecule has 29 heavy (non-hydrogen) atoms. The highest BCUT2D eigenvalue weighted by atomic mass is 16.5. The number of nitrogens with one attached hydrogen (secondary N) is 1. The smallest absolute Gasteiger partial charge is 0.322 e. The Bertz CT molecular complexity index is 1030. The van der Waals surface area contributed by atoms with Crippen LogP contribution in [0, 0.1) is 0 Å². The number of aromatic nitrogens is 5. The Kier molecular flexibility index (Phi) is 5.02. The summed E-state index contributed by atoms with van der Waals surface area (Å²) in [7, 11) is 4.90. The Morgan fingerprint density at radius 2 is 1.90 bits per heavy atom. The molecule has 0 bridgehead atoms. The zero-order valence-electron chi connectivity index (χ0n) is 16.5. The van der Waals surface area contributed by atoms with Crippen LogP contribution in [-0.2, 0) is 7.05 Å². The van der Waals surface area contributed by atoms with Gasteiger partial charge < -0.3 is 24.6 Å². The van der Waals surface area contributed by atoms with Gasteiger partial charge in [-0.15, -0.1) is 5.10 Å². The Morgan fingerprint density at radius 1 is 1.10 bits per heavy atom. The number of anilines is 2. The molecule has 0 atom stereocenters. The summed E-state index contributed by atoms with van der Waals surface area (Å²) in [6.07, 6.45) is 1.51. The van der Waals surface area contributed by atoms with Gasteiger partial charge in [-0.25, -0.2) is 19.4 Å². The summed E-state index contributed by atoms with van der Waals surface area (Å²) in [4.78, 5) is 25.2. The Balaban J connectivity index is 1.44. The third-order valence-electron chi connectivity index (χ3n) is 4.88. The minimum atomic E-state index is -0.191. The summed E-state index contributed by atoms with van der Waals surface area (Å²) in [6.45, 7) is 2.35. The molecule has 152 valence electrons. The Hall–Kier alpha value is -3.63. The van der Waals surface area contributed by atoms with Gasteiger partial charge in [0.1, 0.15) is 6.33 Å². The van der Waals surface area contributed by atoms with Crippen LogP contribution in [0.4, 0.5) is 16.3 Å². The van der Waals surface area contributed by atoms with Gasteiger partial charge in [0.2, 0.25) is 0 Å². The largest absolute Gasteiger partial charge is 0.493 e. The average Bonchev–Trinajstić information content (AvgIpc) is 3.14. The third-order valence-corrected chi connectivity index (χ3v) is 4.88. The van der Waals surface area contributed by atoms with Crippen molar-refractivity contribution in [2.24, 2.45) is 7.05 Å². The molecule has 0 radical (unpaired) electrons. The molecule has 11 nitrogen and oxygen atoms in total.